The average Bonchev–Trinajstić information content (AvgIpc) is 2.44. The van der Waals surface area contributed by atoms with E-state index in [0.29, 0.717) is 18.9 Å². The molecule has 106 valence electrons. The summed E-state index contributed by atoms with van der Waals surface area (Å²) in [6.07, 6.45) is 0. The lowest BCUT2D eigenvalue weighted by atomic mass is 10.1. The number of ether oxygens (including phenoxy) is 1. The molecule has 0 spiro atoms. The number of hydrogen-bond acceptors (Lipinski definition) is 3. The highest BCUT2D eigenvalue weighted by Gasteiger charge is 2.07. The molecule has 0 saturated heterocycles. The number of anilines is 1. The van der Waals surface area contributed by atoms with E-state index in [1.165, 1.54) is 5.56 Å². The molecule has 4 heteroatoms. The van der Waals surface area contributed by atoms with E-state index in [1.54, 1.807) is 6.07 Å². The van der Waals surface area contributed by atoms with Crippen molar-refractivity contribution < 1.29 is 9.84 Å². The summed E-state index contributed by atoms with van der Waals surface area (Å²) < 4.78 is 6.44. The van der Waals surface area contributed by atoms with Gasteiger partial charge in [0.25, 0.3) is 0 Å². The van der Waals surface area contributed by atoms with Crippen LogP contribution in [0.25, 0.3) is 0 Å². The Morgan fingerprint density at radius 3 is 2.75 bits per heavy atom. The molecule has 3 nitrogen and oxygen atoms in total. The van der Waals surface area contributed by atoms with Gasteiger partial charge in [0, 0.05) is 22.3 Å². The summed E-state index contributed by atoms with van der Waals surface area (Å²) in [6, 6.07) is 11.6. The second-order valence-corrected chi connectivity index (χ2v) is 5.37. The number of hydrogen-bond donors (Lipinski definition) is 2. The zero-order valence-electron chi connectivity index (χ0n) is 11.6. The average molecular weight is 336 g/mol. The van der Waals surface area contributed by atoms with Crippen molar-refractivity contribution in [1.82, 2.24) is 0 Å². The highest BCUT2D eigenvalue weighted by atomic mass is 79.9. The number of phenols is 1. The quantitative estimate of drug-likeness (QED) is 0.846. The van der Waals surface area contributed by atoms with Gasteiger partial charge in [0.15, 0.2) is 11.5 Å². The summed E-state index contributed by atoms with van der Waals surface area (Å²) in [7, 11) is 0. The van der Waals surface area contributed by atoms with Crippen LogP contribution in [0.5, 0.6) is 11.5 Å². The van der Waals surface area contributed by atoms with E-state index in [2.05, 4.69) is 21.2 Å². The summed E-state index contributed by atoms with van der Waals surface area (Å²) in [5.74, 6) is 0.727. The normalized spacial score (nSPS) is 10.3. The molecule has 2 aromatic rings. The van der Waals surface area contributed by atoms with Gasteiger partial charge in [-0.15, -0.1) is 0 Å². The van der Waals surface area contributed by atoms with Crippen molar-refractivity contribution in [2.24, 2.45) is 0 Å². The standard InChI is InChI=1S/C16H18BrNO2/c1-3-20-15-6-4-5-12(16(15)19)10-18-13-8-7-11(2)14(17)9-13/h4-9,18-19H,3,10H2,1-2H3. The Hall–Kier alpha value is -1.68. The van der Waals surface area contributed by atoms with Gasteiger partial charge in [-0.3, -0.25) is 0 Å². The summed E-state index contributed by atoms with van der Waals surface area (Å²) in [5.41, 5.74) is 3.01. The second-order valence-electron chi connectivity index (χ2n) is 4.51. The van der Waals surface area contributed by atoms with Crippen LogP contribution < -0.4 is 10.1 Å². The van der Waals surface area contributed by atoms with Gasteiger partial charge in [0.1, 0.15) is 0 Å². The lowest BCUT2D eigenvalue weighted by Gasteiger charge is -2.12. The molecule has 0 unspecified atom stereocenters. The van der Waals surface area contributed by atoms with E-state index in [4.69, 9.17) is 4.74 Å². The first-order valence-corrected chi connectivity index (χ1v) is 7.34. The smallest absolute Gasteiger partial charge is 0.162 e. The van der Waals surface area contributed by atoms with Crippen LogP contribution in [0.2, 0.25) is 0 Å². The lowest BCUT2D eigenvalue weighted by molar-refractivity contribution is 0.317. The molecule has 0 saturated carbocycles. The van der Waals surface area contributed by atoms with E-state index in [-0.39, 0.29) is 5.75 Å². The largest absolute Gasteiger partial charge is 0.504 e. The fourth-order valence-electron chi connectivity index (χ4n) is 1.88. The Morgan fingerprint density at radius 1 is 1.25 bits per heavy atom. The zero-order chi connectivity index (χ0) is 14.5. The van der Waals surface area contributed by atoms with Crippen molar-refractivity contribution in [3.63, 3.8) is 0 Å². The Labute approximate surface area is 127 Å². The molecule has 0 aromatic heterocycles. The van der Waals surface area contributed by atoms with Crippen molar-refractivity contribution in [2.45, 2.75) is 20.4 Å². The minimum absolute atomic E-state index is 0.202. The molecule has 2 aromatic carbocycles. The SMILES string of the molecule is CCOc1cccc(CNc2ccc(C)c(Br)c2)c1O. The highest BCUT2D eigenvalue weighted by Crippen LogP contribution is 2.30. The van der Waals surface area contributed by atoms with Gasteiger partial charge in [0.05, 0.1) is 6.61 Å². The van der Waals surface area contributed by atoms with Gasteiger partial charge < -0.3 is 15.2 Å². The van der Waals surface area contributed by atoms with Crippen LogP contribution in [0, 0.1) is 6.92 Å². The third kappa shape index (κ3) is 3.45. The molecule has 0 aliphatic heterocycles. The molecular formula is C16H18BrNO2. The number of halogens is 1. The minimum atomic E-state index is 0.202. The first-order valence-electron chi connectivity index (χ1n) is 6.55. The molecule has 0 bridgehead atoms. The summed E-state index contributed by atoms with van der Waals surface area (Å²) in [6.45, 7) is 5.02. The fourth-order valence-corrected chi connectivity index (χ4v) is 2.26. The summed E-state index contributed by atoms with van der Waals surface area (Å²) in [5, 5.41) is 13.4. The Kier molecular flexibility index (Phi) is 4.90. The Morgan fingerprint density at radius 2 is 2.05 bits per heavy atom. The predicted molar refractivity (Wildman–Crippen MR) is 85.5 cm³/mol. The molecule has 0 aliphatic carbocycles. The van der Waals surface area contributed by atoms with Crippen LogP contribution in [0.1, 0.15) is 18.1 Å². The number of nitrogens with one attached hydrogen (secondary N) is 1. The Balaban J connectivity index is 2.10. The van der Waals surface area contributed by atoms with Crippen molar-refractivity contribution in [3.05, 3.63) is 52.0 Å². The molecule has 2 N–H and O–H groups in total. The predicted octanol–water partition coefficient (Wildman–Crippen LogP) is 4.47. The second kappa shape index (κ2) is 6.66. The third-order valence-corrected chi connectivity index (χ3v) is 3.89. The summed E-state index contributed by atoms with van der Waals surface area (Å²) >= 11 is 3.51. The lowest BCUT2D eigenvalue weighted by Crippen LogP contribution is -2.01. The molecule has 0 atom stereocenters. The van der Waals surface area contributed by atoms with Crippen LogP contribution in [0.3, 0.4) is 0 Å². The maximum atomic E-state index is 10.1. The molecule has 0 fully saturated rings. The molecule has 0 heterocycles. The van der Waals surface area contributed by atoms with Crippen molar-refractivity contribution >= 4 is 21.6 Å². The van der Waals surface area contributed by atoms with Crippen LogP contribution in [0.4, 0.5) is 5.69 Å². The number of para-hydroxylation sites is 1. The van der Waals surface area contributed by atoms with Crippen LogP contribution in [-0.2, 0) is 6.54 Å². The zero-order valence-corrected chi connectivity index (χ0v) is 13.2. The number of aryl methyl sites for hydroxylation is 1. The molecule has 0 radical (unpaired) electrons. The van der Waals surface area contributed by atoms with Gasteiger partial charge in [-0.05, 0) is 37.6 Å². The van der Waals surface area contributed by atoms with Crippen LogP contribution >= 0.6 is 15.9 Å². The third-order valence-electron chi connectivity index (χ3n) is 3.04. The van der Waals surface area contributed by atoms with E-state index >= 15 is 0 Å². The molecule has 0 aliphatic rings. The maximum absolute atomic E-state index is 10.1. The van der Waals surface area contributed by atoms with E-state index in [9.17, 15) is 5.11 Å². The van der Waals surface area contributed by atoms with Gasteiger partial charge in [-0.2, -0.15) is 0 Å². The molecule has 20 heavy (non-hydrogen) atoms. The van der Waals surface area contributed by atoms with Crippen molar-refractivity contribution in [1.29, 1.82) is 0 Å². The summed E-state index contributed by atoms with van der Waals surface area (Å²) in [4.78, 5) is 0. The topological polar surface area (TPSA) is 41.5 Å². The number of rotatable bonds is 5. The van der Waals surface area contributed by atoms with Crippen molar-refractivity contribution in [2.75, 3.05) is 11.9 Å². The monoisotopic (exact) mass is 335 g/mol. The number of aromatic hydroxyl groups is 1. The molecule has 2 rings (SSSR count). The molecule has 0 amide bonds. The van der Waals surface area contributed by atoms with Crippen molar-refractivity contribution in [3.8, 4) is 11.5 Å². The van der Waals surface area contributed by atoms with Gasteiger partial charge in [-0.1, -0.05) is 34.1 Å². The number of benzene rings is 2. The fraction of sp³-hybridized carbons (Fsp3) is 0.250. The van der Waals surface area contributed by atoms with Gasteiger partial charge >= 0.3 is 0 Å². The number of phenolic OH excluding ortho intramolecular Hbond substituents is 1. The van der Waals surface area contributed by atoms with E-state index in [0.717, 1.165) is 15.7 Å². The van der Waals surface area contributed by atoms with Crippen LogP contribution in [0.15, 0.2) is 40.9 Å². The molecular weight excluding hydrogens is 318 g/mol. The van der Waals surface area contributed by atoms with Gasteiger partial charge in [0.2, 0.25) is 0 Å². The maximum Gasteiger partial charge on any atom is 0.162 e. The minimum Gasteiger partial charge on any atom is -0.504 e. The highest BCUT2D eigenvalue weighted by molar-refractivity contribution is 9.10. The first kappa shape index (κ1) is 14.7. The first-order chi connectivity index (χ1) is 9.61. The Bertz CT molecular complexity index is 599. The van der Waals surface area contributed by atoms with E-state index < -0.39 is 0 Å². The van der Waals surface area contributed by atoms with Crippen LogP contribution in [-0.4, -0.2) is 11.7 Å². The van der Waals surface area contributed by atoms with Gasteiger partial charge in [-0.25, -0.2) is 0 Å². The van der Waals surface area contributed by atoms with E-state index in [1.807, 2.05) is 44.2 Å².